The molecule has 31 heteroatoms. The molecule has 13 atom stereocenters. The van der Waals surface area contributed by atoms with E-state index >= 15 is 19.2 Å². The molecule has 1 spiro atoms. The first kappa shape index (κ1) is 81.8. The molecule has 0 radical (unpaired) electrons. The number of hydrogen-bond donors (Lipinski definition) is 3. The van der Waals surface area contributed by atoms with Gasteiger partial charge in [-0.05, 0) is 120 Å². The van der Waals surface area contributed by atoms with E-state index in [0.717, 1.165) is 60.3 Å². The van der Waals surface area contributed by atoms with Crippen LogP contribution in [0.3, 0.4) is 0 Å². The fourth-order valence-corrected chi connectivity index (χ4v) is 16.7. The zero-order valence-corrected chi connectivity index (χ0v) is 61.5. The standard InChI is InChI=1S/C70H109ClF6N12O12/c1-12-42(4)56-65(99)82(7)43(5)60(94)89-35-29-50(89)63(97)84(9)51(37-44-22-15-13-16-23-44)62(96)81(6)40-54(90)78-48(28-26-45-25-27-46(47(71)36-45)70(75,76)77)61(95)88-34-21-24-49(88)59(93)80-68(30-17-18-31-68)67(101)86(11)57(41(2)3)66(100)85(10)52(64(98)87-32-19-14-20-33-87)38-55(91)83(8)53(58(92)79-56)39-69(72,73)74/h41-53,56-57H,12-40H2,1-11H3,(H,78,90)(H,79,92)(H,80,93)/t42-,43-,45?,46?,47?,48-,49-,50-,51-,52-,53-,56-,57-/m0/s1. The highest BCUT2D eigenvalue weighted by molar-refractivity contribution is 6.21. The number of likely N-dealkylation sites (tertiary alicyclic amines) is 1. The van der Waals surface area contributed by atoms with Crippen LogP contribution in [-0.2, 0) is 57.5 Å². The summed E-state index contributed by atoms with van der Waals surface area (Å²) in [6, 6.07) is -13.3. The maximum absolute atomic E-state index is 15.4. The lowest BCUT2D eigenvalue weighted by molar-refractivity contribution is -0.182. The van der Waals surface area contributed by atoms with Crippen molar-refractivity contribution in [2.45, 2.75) is 266 Å². The molecule has 24 nitrogen and oxygen atoms in total. The van der Waals surface area contributed by atoms with Gasteiger partial charge in [-0.3, -0.25) is 57.5 Å². The van der Waals surface area contributed by atoms with Gasteiger partial charge in [0.15, 0.2) is 0 Å². The molecule has 4 aliphatic heterocycles. The molecule has 7 rings (SSSR count). The van der Waals surface area contributed by atoms with E-state index in [1.165, 1.54) is 66.7 Å². The quantitative estimate of drug-likeness (QED) is 0.168. The summed E-state index contributed by atoms with van der Waals surface area (Å²) in [7, 11) is 7.60. The van der Waals surface area contributed by atoms with Crippen LogP contribution >= 0.6 is 11.6 Å². The van der Waals surface area contributed by atoms with Gasteiger partial charge in [0.1, 0.15) is 59.9 Å². The van der Waals surface area contributed by atoms with Crippen molar-refractivity contribution < 1.29 is 83.9 Å². The number of hydrogen-bond acceptors (Lipinski definition) is 12. The molecule has 4 heterocycles. The van der Waals surface area contributed by atoms with Gasteiger partial charge < -0.3 is 60.0 Å². The van der Waals surface area contributed by atoms with E-state index in [9.17, 15) is 64.7 Å². The predicted molar refractivity (Wildman–Crippen MR) is 361 cm³/mol. The molecule has 3 unspecified atom stereocenters. The fourth-order valence-electron chi connectivity index (χ4n) is 16.2. The Hall–Kier alpha value is -6.49. The molecule has 570 valence electrons. The third-order valence-electron chi connectivity index (χ3n) is 23.0. The number of alkyl halides is 7. The summed E-state index contributed by atoms with van der Waals surface area (Å²) >= 11 is 6.38. The molecule has 0 bridgehead atoms. The summed E-state index contributed by atoms with van der Waals surface area (Å²) in [5.74, 6) is -13.6. The topological polar surface area (TPSA) is 270 Å². The van der Waals surface area contributed by atoms with Crippen molar-refractivity contribution in [3.63, 3.8) is 0 Å². The Morgan fingerprint density at radius 2 is 1.22 bits per heavy atom. The molecule has 3 saturated carbocycles. The van der Waals surface area contributed by atoms with Crippen LogP contribution in [0.1, 0.15) is 189 Å². The van der Waals surface area contributed by atoms with Crippen molar-refractivity contribution in [2.75, 3.05) is 75.0 Å². The fraction of sp³-hybridized carbons (Fsp3) is 0.829. The second-order valence-corrected chi connectivity index (χ2v) is 30.8. The molecular formula is C70H109ClF6N12O12. The highest BCUT2D eigenvalue weighted by Gasteiger charge is 2.53. The van der Waals surface area contributed by atoms with Gasteiger partial charge in [0.25, 0.3) is 0 Å². The van der Waals surface area contributed by atoms with E-state index in [1.54, 1.807) is 27.7 Å². The number of fused-ring (bicyclic) bond motifs is 2. The minimum Gasteiger partial charge on any atom is -0.343 e. The van der Waals surface area contributed by atoms with Crippen molar-refractivity contribution in [3.8, 4) is 0 Å². The van der Waals surface area contributed by atoms with Gasteiger partial charge in [0, 0.05) is 73.8 Å². The van der Waals surface area contributed by atoms with Crippen LogP contribution in [0.5, 0.6) is 0 Å². The van der Waals surface area contributed by atoms with Crippen LogP contribution in [0.15, 0.2) is 0 Å². The van der Waals surface area contributed by atoms with E-state index in [1.807, 2.05) is 0 Å². The van der Waals surface area contributed by atoms with E-state index in [0.29, 0.717) is 37.0 Å². The van der Waals surface area contributed by atoms with Gasteiger partial charge in [0.05, 0.1) is 25.3 Å². The highest BCUT2D eigenvalue weighted by atomic mass is 35.5. The van der Waals surface area contributed by atoms with E-state index in [-0.39, 0.29) is 103 Å². The van der Waals surface area contributed by atoms with Crippen LogP contribution in [0, 0.1) is 29.6 Å². The zero-order valence-electron chi connectivity index (χ0n) is 60.7. The minimum absolute atomic E-state index is 0.0185. The minimum atomic E-state index is -5.10. The second kappa shape index (κ2) is 34.9. The smallest absolute Gasteiger partial charge is 0.343 e. The lowest BCUT2D eigenvalue weighted by Gasteiger charge is -2.45. The van der Waals surface area contributed by atoms with E-state index in [2.05, 4.69) is 16.0 Å². The molecule has 3 N–H and O–H groups in total. The number of rotatable bonds is 10. The SMILES string of the molecule is CC[C@H](C)[C@@H]1NC(=O)[C@H](CC(F)(F)F)N(C)C(=O)C[C@@H](C(=O)N2CCCCC2)N(C)C(=O)[C@H](C(C)C)N(C)C(=O)C2(CCCC2)NC(=O)[C@@H]2CCCN2C(=O)[C@H](CCC2CCC(C(F)(F)F)C(Cl)C2)NC(=O)CN(C)C(=O)[C@H](CC2CCCCC2)N(C)C(=O)[C@@H]2CCN2C(=O)[C@H](C)N(C)C1=O. The Morgan fingerprint density at radius 3 is 1.79 bits per heavy atom. The first-order valence-corrected chi connectivity index (χ1v) is 36.9. The molecule has 101 heavy (non-hydrogen) atoms. The Labute approximate surface area is 595 Å². The number of nitrogens with zero attached hydrogens (tertiary/aromatic N) is 9. The number of amides is 12. The van der Waals surface area contributed by atoms with Gasteiger partial charge in [-0.2, -0.15) is 26.3 Å². The molecule has 3 aliphatic carbocycles. The van der Waals surface area contributed by atoms with Crippen molar-refractivity contribution in [3.05, 3.63) is 0 Å². The lowest BCUT2D eigenvalue weighted by atomic mass is 9.78. The summed E-state index contributed by atoms with van der Waals surface area (Å²) < 4.78 is 86.4. The van der Waals surface area contributed by atoms with Gasteiger partial charge in [0.2, 0.25) is 70.9 Å². The van der Waals surface area contributed by atoms with Crippen LogP contribution in [0.25, 0.3) is 0 Å². The molecular weight excluding hydrogens is 1350 g/mol. The molecule has 0 aromatic heterocycles. The van der Waals surface area contributed by atoms with E-state index < -0.39 is 192 Å². The first-order valence-electron chi connectivity index (χ1n) is 36.5. The van der Waals surface area contributed by atoms with Gasteiger partial charge in [-0.1, -0.05) is 79.1 Å². The third kappa shape index (κ3) is 19.7. The predicted octanol–water partition coefficient (Wildman–Crippen LogP) is 6.00. The number of piperidine rings is 1. The number of nitrogens with one attached hydrogen (secondary N) is 3. The second-order valence-electron chi connectivity index (χ2n) is 30.2. The Kier molecular flexibility index (Phi) is 28.2. The van der Waals surface area contributed by atoms with Crippen molar-refractivity contribution in [1.82, 2.24) is 60.0 Å². The van der Waals surface area contributed by atoms with Crippen molar-refractivity contribution in [2.24, 2.45) is 29.6 Å². The summed E-state index contributed by atoms with van der Waals surface area (Å²) in [6.45, 7) is 7.75. The highest BCUT2D eigenvalue weighted by Crippen LogP contribution is 2.44. The largest absolute Gasteiger partial charge is 0.393 e. The van der Waals surface area contributed by atoms with Crippen LogP contribution in [-0.4, -0.2) is 268 Å². The van der Waals surface area contributed by atoms with Crippen molar-refractivity contribution >= 4 is 82.5 Å². The summed E-state index contributed by atoms with van der Waals surface area (Å²) in [5.41, 5.74) is -1.66. The Bertz CT molecular complexity index is 3000. The molecule has 7 aliphatic rings. The maximum Gasteiger partial charge on any atom is 0.393 e. The lowest BCUT2D eigenvalue weighted by Crippen LogP contribution is -2.65. The van der Waals surface area contributed by atoms with Gasteiger partial charge in [-0.25, -0.2) is 0 Å². The first-order chi connectivity index (χ1) is 47.3. The summed E-state index contributed by atoms with van der Waals surface area (Å²) in [4.78, 5) is 189. The monoisotopic (exact) mass is 1460 g/mol. The van der Waals surface area contributed by atoms with Gasteiger partial charge >= 0.3 is 12.4 Å². The van der Waals surface area contributed by atoms with Gasteiger partial charge in [-0.15, -0.1) is 11.6 Å². The molecule has 0 aromatic rings. The molecule has 4 saturated heterocycles. The van der Waals surface area contributed by atoms with Crippen LogP contribution in [0.2, 0.25) is 0 Å². The summed E-state index contributed by atoms with van der Waals surface area (Å²) in [5, 5.41) is 6.98. The number of carbonyl (C=O) groups is 12. The Balaban J connectivity index is 1.28. The van der Waals surface area contributed by atoms with E-state index in [4.69, 9.17) is 11.6 Å². The number of halogens is 7. The average Bonchev–Trinajstić information content (AvgIpc) is 0.951. The Morgan fingerprint density at radius 1 is 0.594 bits per heavy atom. The average molecular weight is 1460 g/mol. The zero-order chi connectivity index (χ0) is 74.9. The van der Waals surface area contributed by atoms with Crippen molar-refractivity contribution in [1.29, 1.82) is 0 Å². The van der Waals surface area contributed by atoms with Crippen LogP contribution in [0.4, 0.5) is 26.3 Å². The third-order valence-corrected chi connectivity index (χ3v) is 23.5. The molecule has 0 aromatic carbocycles. The molecule has 7 fully saturated rings. The number of carbonyl (C=O) groups excluding carboxylic acids is 12. The van der Waals surface area contributed by atoms with Crippen LogP contribution < -0.4 is 16.0 Å². The molecule has 12 amide bonds. The normalized spacial score (nSPS) is 30.9. The maximum atomic E-state index is 15.4. The summed E-state index contributed by atoms with van der Waals surface area (Å²) in [6.07, 6.45) is -4.52. The number of likely N-dealkylation sites (N-methyl/N-ethyl adjacent to an activating group) is 6.